The lowest BCUT2D eigenvalue weighted by Gasteiger charge is -2.23. The highest BCUT2D eigenvalue weighted by Gasteiger charge is 2.14. The van der Waals surface area contributed by atoms with E-state index in [4.69, 9.17) is 10.5 Å². The number of carbonyl (C=O) groups is 1. The van der Waals surface area contributed by atoms with Gasteiger partial charge in [-0.2, -0.15) is 0 Å². The number of hydrogen-bond donors (Lipinski definition) is 3. The van der Waals surface area contributed by atoms with Gasteiger partial charge in [-0.05, 0) is 43.9 Å². The van der Waals surface area contributed by atoms with Crippen molar-refractivity contribution in [1.29, 1.82) is 0 Å². The van der Waals surface area contributed by atoms with Gasteiger partial charge in [-0.1, -0.05) is 24.3 Å². The molecule has 33 heavy (non-hydrogen) atoms. The molecule has 0 saturated carbocycles. The minimum atomic E-state index is -0.304. The van der Waals surface area contributed by atoms with Crippen LogP contribution in [-0.4, -0.2) is 71.3 Å². The van der Waals surface area contributed by atoms with E-state index in [0.717, 1.165) is 23.4 Å². The van der Waals surface area contributed by atoms with E-state index in [-0.39, 0.29) is 19.2 Å². The summed E-state index contributed by atoms with van der Waals surface area (Å²) in [6.45, 7) is 1.80. The van der Waals surface area contributed by atoms with Crippen molar-refractivity contribution in [2.75, 3.05) is 51.4 Å². The molecule has 0 fully saturated rings. The first-order chi connectivity index (χ1) is 15.9. The SMILES string of the molecule is CN(C)CCOc1cccc(CN(CCO)C(=O)Nc2ccc(-c3cc(N)ncn3)cc2)c1. The summed E-state index contributed by atoms with van der Waals surface area (Å²) in [6, 6.07) is 16.3. The first-order valence-electron chi connectivity index (χ1n) is 10.7. The molecule has 2 amide bonds. The number of ether oxygens (including phenoxy) is 1. The van der Waals surface area contributed by atoms with Crippen LogP contribution in [0.1, 0.15) is 5.56 Å². The van der Waals surface area contributed by atoms with E-state index in [9.17, 15) is 9.90 Å². The number of benzene rings is 2. The molecule has 3 aromatic rings. The number of nitrogen functional groups attached to an aromatic ring is 1. The van der Waals surface area contributed by atoms with E-state index >= 15 is 0 Å². The molecule has 0 spiro atoms. The van der Waals surface area contributed by atoms with Crippen LogP contribution in [0.25, 0.3) is 11.3 Å². The lowest BCUT2D eigenvalue weighted by molar-refractivity contribution is 0.185. The van der Waals surface area contributed by atoms with Crippen LogP contribution in [0.3, 0.4) is 0 Å². The summed E-state index contributed by atoms with van der Waals surface area (Å²) in [5.41, 5.74) is 8.83. The molecule has 9 nitrogen and oxygen atoms in total. The first-order valence-corrected chi connectivity index (χ1v) is 10.7. The average Bonchev–Trinajstić information content (AvgIpc) is 2.79. The third-order valence-electron chi connectivity index (χ3n) is 4.86. The average molecular weight is 451 g/mol. The molecular weight excluding hydrogens is 420 g/mol. The third-order valence-corrected chi connectivity index (χ3v) is 4.86. The molecule has 0 unspecified atom stereocenters. The van der Waals surface area contributed by atoms with Crippen molar-refractivity contribution in [2.45, 2.75) is 6.54 Å². The van der Waals surface area contributed by atoms with Gasteiger partial charge in [-0.3, -0.25) is 0 Å². The highest BCUT2D eigenvalue weighted by Crippen LogP contribution is 2.21. The Balaban J connectivity index is 1.63. The van der Waals surface area contributed by atoms with Crippen molar-refractivity contribution in [3.63, 3.8) is 0 Å². The molecule has 174 valence electrons. The zero-order valence-corrected chi connectivity index (χ0v) is 18.9. The molecule has 4 N–H and O–H groups in total. The molecule has 1 aromatic heterocycles. The number of likely N-dealkylation sites (N-methyl/N-ethyl adjacent to an activating group) is 1. The van der Waals surface area contributed by atoms with Crippen LogP contribution in [0.15, 0.2) is 60.9 Å². The maximum atomic E-state index is 12.9. The molecular formula is C24H30N6O3. The van der Waals surface area contributed by atoms with Gasteiger partial charge in [-0.25, -0.2) is 14.8 Å². The molecule has 0 atom stereocenters. The van der Waals surface area contributed by atoms with E-state index in [1.165, 1.54) is 6.33 Å². The summed E-state index contributed by atoms with van der Waals surface area (Å²) in [5.74, 6) is 1.14. The number of aromatic nitrogens is 2. The molecule has 1 heterocycles. The van der Waals surface area contributed by atoms with Crippen LogP contribution in [-0.2, 0) is 6.54 Å². The monoisotopic (exact) mass is 450 g/mol. The van der Waals surface area contributed by atoms with Gasteiger partial charge in [0.05, 0.1) is 12.3 Å². The Morgan fingerprint density at radius 1 is 1.09 bits per heavy atom. The smallest absolute Gasteiger partial charge is 0.322 e. The van der Waals surface area contributed by atoms with Crippen molar-refractivity contribution in [2.24, 2.45) is 0 Å². The Hall–Kier alpha value is -3.69. The summed E-state index contributed by atoms with van der Waals surface area (Å²) in [5, 5.41) is 12.3. The lowest BCUT2D eigenvalue weighted by Crippen LogP contribution is -2.36. The Morgan fingerprint density at radius 3 is 2.58 bits per heavy atom. The Morgan fingerprint density at radius 2 is 1.88 bits per heavy atom. The predicted molar refractivity (Wildman–Crippen MR) is 129 cm³/mol. The maximum Gasteiger partial charge on any atom is 0.322 e. The fourth-order valence-corrected chi connectivity index (χ4v) is 3.13. The molecule has 0 aliphatic heterocycles. The van der Waals surface area contributed by atoms with Crippen LogP contribution >= 0.6 is 0 Å². The van der Waals surface area contributed by atoms with E-state index < -0.39 is 0 Å². The Bertz CT molecular complexity index is 1040. The van der Waals surface area contributed by atoms with E-state index in [1.807, 2.05) is 55.4 Å². The number of nitrogens with zero attached hydrogens (tertiary/aromatic N) is 4. The van der Waals surface area contributed by atoms with Crippen LogP contribution < -0.4 is 15.8 Å². The second-order valence-corrected chi connectivity index (χ2v) is 7.78. The van der Waals surface area contributed by atoms with Crippen LogP contribution in [0.5, 0.6) is 5.75 Å². The summed E-state index contributed by atoms with van der Waals surface area (Å²) in [7, 11) is 3.98. The predicted octanol–water partition coefficient (Wildman–Crippen LogP) is 2.69. The van der Waals surface area contributed by atoms with Crippen LogP contribution in [0.2, 0.25) is 0 Å². The Kier molecular flexibility index (Phi) is 8.56. The molecule has 3 rings (SSSR count). The quantitative estimate of drug-likeness (QED) is 0.435. The summed E-state index contributed by atoms with van der Waals surface area (Å²) in [6.07, 6.45) is 1.41. The van der Waals surface area contributed by atoms with E-state index in [1.54, 1.807) is 23.1 Å². The highest BCUT2D eigenvalue weighted by atomic mass is 16.5. The number of aliphatic hydroxyl groups excluding tert-OH is 1. The van der Waals surface area contributed by atoms with Gasteiger partial charge in [0.1, 0.15) is 24.5 Å². The summed E-state index contributed by atoms with van der Waals surface area (Å²) < 4.78 is 5.78. The second-order valence-electron chi connectivity index (χ2n) is 7.78. The zero-order chi connectivity index (χ0) is 23.6. The first kappa shape index (κ1) is 24.0. The van der Waals surface area contributed by atoms with Crippen molar-refractivity contribution in [3.8, 4) is 17.0 Å². The van der Waals surface area contributed by atoms with Crippen molar-refractivity contribution < 1.29 is 14.6 Å². The second kappa shape index (κ2) is 11.8. The third kappa shape index (κ3) is 7.44. The number of hydrogen-bond acceptors (Lipinski definition) is 7. The lowest BCUT2D eigenvalue weighted by atomic mass is 10.1. The van der Waals surface area contributed by atoms with Gasteiger partial charge in [0.25, 0.3) is 0 Å². The van der Waals surface area contributed by atoms with Gasteiger partial charge in [0.15, 0.2) is 0 Å². The zero-order valence-electron chi connectivity index (χ0n) is 18.9. The number of rotatable bonds is 10. The number of amides is 2. The van der Waals surface area contributed by atoms with Gasteiger partial charge >= 0.3 is 6.03 Å². The fourth-order valence-electron chi connectivity index (χ4n) is 3.13. The number of urea groups is 1. The molecule has 0 aliphatic carbocycles. The van der Waals surface area contributed by atoms with E-state index in [0.29, 0.717) is 30.4 Å². The van der Waals surface area contributed by atoms with Gasteiger partial charge < -0.3 is 30.7 Å². The fraction of sp³-hybridized carbons (Fsp3) is 0.292. The van der Waals surface area contributed by atoms with Crippen molar-refractivity contribution in [1.82, 2.24) is 19.8 Å². The number of aliphatic hydroxyl groups is 1. The number of carbonyl (C=O) groups excluding carboxylic acids is 1. The van der Waals surface area contributed by atoms with Crippen LogP contribution in [0, 0.1) is 0 Å². The molecule has 0 radical (unpaired) electrons. The maximum absolute atomic E-state index is 12.9. The molecule has 0 bridgehead atoms. The molecule has 9 heteroatoms. The van der Waals surface area contributed by atoms with Gasteiger partial charge in [0.2, 0.25) is 0 Å². The number of nitrogens with two attached hydrogens (primary N) is 1. The molecule has 0 saturated heterocycles. The number of anilines is 2. The highest BCUT2D eigenvalue weighted by molar-refractivity contribution is 5.89. The van der Waals surface area contributed by atoms with Crippen molar-refractivity contribution >= 4 is 17.5 Å². The minimum Gasteiger partial charge on any atom is -0.492 e. The minimum absolute atomic E-state index is 0.138. The summed E-state index contributed by atoms with van der Waals surface area (Å²) >= 11 is 0. The Labute approximate surface area is 193 Å². The van der Waals surface area contributed by atoms with Gasteiger partial charge in [0, 0.05) is 37.0 Å². The van der Waals surface area contributed by atoms with Crippen LogP contribution in [0.4, 0.5) is 16.3 Å². The number of nitrogens with one attached hydrogen (secondary N) is 1. The van der Waals surface area contributed by atoms with E-state index in [2.05, 4.69) is 15.3 Å². The van der Waals surface area contributed by atoms with Crippen molar-refractivity contribution in [3.05, 3.63) is 66.5 Å². The summed E-state index contributed by atoms with van der Waals surface area (Å²) in [4.78, 5) is 24.6. The topological polar surface area (TPSA) is 117 Å². The van der Waals surface area contributed by atoms with Gasteiger partial charge in [-0.15, -0.1) is 0 Å². The molecule has 2 aromatic carbocycles. The largest absolute Gasteiger partial charge is 0.492 e. The standard InChI is InChI=1S/C24H30N6O3/c1-29(2)11-13-33-21-5-3-4-18(14-21)16-30(10-12-31)24(32)28-20-8-6-19(7-9-20)22-15-23(25)27-17-26-22/h3-9,14-15,17,31H,10-13,16H2,1-2H3,(H,28,32)(H2,25,26,27). The normalized spacial score (nSPS) is 10.8. The molecule has 0 aliphatic rings.